The van der Waals surface area contributed by atoms with Crippen LogP contribution in [0.1, 0.15) is 32.6 Å². The highest BCUT2D eigenvalue weighted by Crippen LogP contribution is 2.39. The number of amides is 1. The maximum absolute atomic E-state index is 12.7. The van der Waals surface area contributed by atoms with Gasteiger partial charge in [0, 0.05) is 19.6 Å². The van der Waals surface area contributed by atoms with Crippen LogP contribution in [0.2, 0.25) is 0 Å². The van der Waals surface area contributed by atoms with E-state index in [2.05, 4.69) is 18.9 Å². The van der Waals surface area contributed by atoms with Gasteiger partial charge in [0.1, 0.15) is 0 Å². The Morgan fingerprint density at radius 2 is 1.80 bits per heavy atom. The lowest BCUT2D eigenvalue weighted by atomic mass is 9.94. The molecule has 1 aliphatic heterocycles. The number of rotatable bonds is 3. The summed E-state index contributed by atoms with van der Waals surface area (Å²) in [5.74, 6) is -1.12. The second kappa shape index (κ2) is 6.57. The third-order valence-electron chi connectivity index (χ3n) is 4.90. The van der Waals surface area contributed by atoms with Crippen LogP contribution in [0.25, 0.3) is 0 Å². The fourth-order valence-electron chi connectivity index (χ4n) is 3.52. The SMILES string of the molecule is CCC1CC(C(=O)O)C(C(=O)N2CCCN(C)CC2)C1. The van der Waals surface area contributed by atoms with Crippen molar-refractivity contribution >= 4 is 11.9 Å². The number of hydrogen-bond acceptors (Lipinski definition) is 3. The van der Waals surface area contributed by atoms with E-state index in [1.54, 1.807) is 0 Å². The molecule has 1 saturated heterocycles. The largest absolute Gasteiger partial charge is 0.481 e. The Bertz CT molecular complexity index is 372. The van der Waals surface area contributed by atoms with Crippen LogP contribution in [0.5, 0.6) is 0 Å². The Labute approximate surface area is 120 Å². The van der Waals surface area contributed by atoms with E-state index >= 15 is 0 Å². The lowest BCUT2D eigenvalue weighted by Gasteiger charge is -2.26. The van der Waals surface area contributed by atoms with Crippen molar-refractivity contribution in [3.05, 3.63) is 0 Å². The molecule has 0 radical (unpaired) electrons. The average molecular weight is 282 g/mol. The van der Waals surface area contributed by atoms with Gasteiger partial charge in [0.25, 0.3) is 0 Å². The van der Waals surface area contributed by atoms with Gasteiger partial charge in [-0.2, -0.15) is 0 Å². The minimum absolute atomic E-state index is 0.0728. The molecule has 0 bridgehead atoms. The average Bonchev–Trinajstić information content (AvgIpc) is 2.75. The summed E-state index contributed by atoms with van der Waals surface area (Å²) in [6.07, 6.45) is 3.36. The molecule has 1 N–H and O–H groups in total. The van der Waals surface area contributed by atoms with Gasteiger partial charge in [-0.25, -0.2) is 0 Å². The molecule has 1 amide bonds. The first-order valence-corrected chi connectivity index (χ1v) is 7.73. The normalized spacial score (nSPS) is 32.1. The van der Waals surface area contributed by atoms with Crippen molar-refractivity contribution < 1.29 is 14.7 Å². The van der Waals surface area contributed by atoms with E-state index in [0.717, 1.165) is 45.4 Å². The van der Waals surface area contributed by atoms with E-state index in [-0.39, 0.29) is 11.8 Å². The summed E-state index contributed by atoms with van der Waals surface area (Å²) >= 11 is 0. The Morgan fingerprint density at radius 3 is 2.45 bits per heavy atom. The number of likely N-dealkylation sites (N-methyl/N-ethyl adjacent to an activating group) is 1. The monoisotopic (exact) mass is 282 g/mol. The van der Waals surface area contributed by atoms with Crippen LogP contribution in [0.3, 0.4) is 0 Å². The summed E-state index contributed by atoms with van der Waals surface area (Å²) in [6, 6.07) is 0. The maximum Gasteiger partial charge on any atom is 0.307 e. The molecule has 0 aromatic heterocycles. The number of carboxylic acid groups (broad SMARTS) is 1. The van der Waals surface area contributed by atoms with Crippen LogP contribution >= 0.6 is 0 Å². The smallest absolute Gasteiger partial charge is 0.307 e. The van der Waals surface area contributed by atoms with Gasteiger partial charge in [0.2, 0.25) is 5.91 Å². The Hall–Kier alpha value is -1.10. The van der Waals surface area contributed by atoms with Gasteiger partial charge in [-0.3, -0.25) is 9.59 Å². The van der Waals surface area contributed by atoms with Crippen molar-refractivity contribution in [3.63, 3.8) is 0 Å². The molecule has 2 fully saturated rings. The minimum Gasteiger partial charge on any atom is -0.481 e. The summed E-state index contributed by atoms with van der Waals surface area (Å²) in [6.45, 7) is 5.47. The van der Waals surface area contributed by atoms with Gasteiger partial charge in [-0.05, 0) is 38.8 Å². The second-order valence-corrected chi connectivity index (χ2v) is 6.28. The molecular weight excluding hydrogens is 256 g/mol. The van der Waals surface area contributed by atoms with E-state index in [4.69, 9.17) is 0 Å². The zero-order valence-corrected chi connectivity index (χ0v) is 12.5. The molecule has 114 valence electrons. The van der Waals surface area contributed by atoms with Crippen LogP contribution in [0.4, 0.5) is 0 Å². The number of nitrogens with zero attached hydrogens (tertiary/aromatic N) is 2. The van der Waals surface area contributed by atoms with Gasteiger partial charge < -0.3 is 14.9 Å². The quantitative estimate of drug-likeness (QED) is 0.847. The number of aliphatic carboxylic acids is 1. The topological polar surface area (TPSA) is 60.9 Å². The molecule has 5 heteroatoms. The predicted octanol–water partition coefficient (Wildman–Crippen LogP) is 1.29. The molecule has 2 aliphatic rings. The van der Waals surface area contributed by atoms with Gasteiger partial charge in [-0.15, -0.1) is 0 Å². The van der Waals surface area contributed by atoms with Crippen molar-refractivity contribution in [1.82, 2.24) is 9.80 Å². The van der Waals surface area contributed by atoms with Crippen molar-refractivity contribution in [2.24, 2.45) is 17.8 Å². The van der Waals surface area contributed by atoms with Crippen LogP contribution in [0.15, 0.2) is 0 Å². The molecule has 1 saturated carbocycles. The van der Waals surface area contributed by atoms with Crippen molar-refractivity contribution in [2.45, 2.75) is 32.6 Å². The minimum atomic E-state index is -0.800. The zero-order valence-electron chi connectivity index (χ0n) is 12.5. The molecule has 3 atom stereocenters. The van der Waals surface area contributed by atoms with E-state index in [1.807, 2.05) is 4.90 Å². The molecular formula is C15H26N2O3. The highest BCUT2D eigenvalue weighted by atomic mass is 16.4. The van der Waals surface area contributed by atoms with Crippen LogP contribution in [0, 0.1) is 17.8 Å². The lowest BCUT2D eigenvalue weighted by Crippen LogP contribution is -2.41. The number of carbonyl (C=O) groups is 2. The van der Waals surface area contributed by atoms with Crippen molar-refractivity contribution in [2.75, 3.05) is 33.2 Å². The van der Waals surface area contributed by atoms with E-state index in [1.165, 1.54) is 0 Å². The Morgan fingerprint density at radius 1 is 1.10 bits per heavy atom. The Balaban J connectivity index is 2.04. The van der Waals surface area contributed by atoms with E-state index < -0.39 is 11.9 Å². The van der Waals surface area contributed by atoms with Crippen LogP contribution < -0.4 is 0 Å². The third-order valence-corrected chi connectivity index (χ3v) is 4.90. The standard InChI is InChI=1S/C15H26N2O3/c1-3-11-9-12(13(10-11)15(19)20)14(18)17-6-4-5-16(2)7-8-17/h11-13H,3-10H2,1-2H3,(H,19,20). The summed E-state index contributed by atoms with van der Waals surface area (Å²) in [5.41, 5.74) is 0. The van der Waals surface area contributed by atoms with E-state index in [9.17, 15) is 14.7 Å². The fraction of sp³-hybridized carbons (Fsp3) is 0.867. The summed E-state index contributed by atoms with van der Waals surface area (Å²) in [4.78, 5) is 28.2. The highest BCUT2D eigenvalue weighted by molar-refractivity contribution is 5.85. The molecule has 5 nitrogen and oxygen atoms in total. The molecule has 20 heavy (non-hydrogen) atoms. The molecule has 2 rings (SSSR count). The fourth-order valence-corrected chi connectivity index (χ4v) is 3.52. The zero-order chi connectivity index (χ0) is 14.7. The summed E-state index contributed by atoms with van der Waals surface area (Å²) in [5, 5.41) is 9.36. The first-order chi connectivity index (χ1) is 9.52. The molecule has 1 heterocycles. The van der Waals surface area contributed by atoms with Gasteiger partial charge in [0.15, 0.2) is 0 Å². The molecule has 0 spiro atoms. The first-order valence-electron chi connectivity index (χ1n) is 7.73. The number of hydrogen-bond donors (Lipinski definition) is 1. The number of carboxylic acids is 1. The number of carbonyl (C=O) groups excluding carboxylic acids is 1. The van der Waals surface area contributed by atoms with Gasteiger partial charge in [-0.1, -0.05) is 13.3 Å². The van der Waals surface area contributed by atoms with Crippen molar-refractivity contribution in [3.8, 4) is 0 Å². The predicted molar refractivity (Wildman–Crippen MR) is 76.3 cm³/mol. The molecule has 3 unspecified atom stereocenters. The van der Waals surface area contributed by atoms with E-state index in [0.29, 0.717) is 12.3 Å². The maximum atomic E-state index is 12.7. The summed E-state index contributed by atoms with van der Waals surface area (Å²) in [7, 11) is 2.07. The highest BCUT2D eigenvalue weighted by Gasteiger charge is 2.43. The van der Waals surface area contributed by atoms with Gasteiger partial charge >= 0.3 is 5.97 Å². The lowest BCUT2D eigenvalue weighted by molar-refractivity contribution is -0.149. The molecule has 1 aliphatic carbocycles. The molecule has 0 aromatic carbocycles. The second-order valence-electron chi connectivity index (χ2n) is 6.28. The Kier molecular flexibility index (Phi) is 5.02. The third kappa shape index (κ3) is 3.32. The van der Waals surface area contributed by atoms with Gasteiger partial charge in [0.05, 0.1) is 11.8 Å². The summed E-state index contributed by atoms with van der Waals surface area (Å²) < 4.78 is 0. The van der Waals surface area contributed by atoms with Crippen molar-refractivity contribution in [1.29, 1.82) is 0 Å². The first kappa shape index (κ1) is 15.3. The van der Waals surface area contributed by atoms with Crippen LogP contribution in [-0.2, 0) is 9.59 Å². The van der Waals surface area contributed by atoms with Crippen LogP contribution in [-0.4, -0.2) is 60.0 Å². The molecule has 0 aromatic rings.